The minimum Gasteiger partial charge on any atom is -0.472 e. The summed E-state index contributed by atoms with van der Waals surface area (Å²) in [4.78, 5) is 26.3. The van der Waals surface area contributed by atoms with Crippen molar-refractivity contribution in [3.05, 3.63) is 24.2 Å². The second kappa shape index (κ2) is 8.15. The van der Waals surface area contributed by atoms with Gasteiger partial charge in [-0.25, -0.2) is 0 Å². The first-order valence-electron chi connectivity index (χ1n) is 8.24. The number of likely N-dealkylation sites (tertiary alicyclic amines) is 1. The average molecular weight is 322 g/mol. The Morgan fingerprint density at radius 3 is 2.61 bits per heavy atom. The van der Waals surface area contributed by atoms with Crippen LogP contribution in [0.3, 0.4) is 0 Å². The smallest absolute Gasteiger partial charge is 0.257 e. The third-order valence-electron chi connectivity index (χ3n) is 4.24. The molecule has 2 N–H and O–H groups in total. The molecular weight excluding hydrogens is 296 g/mol. The van der Waals surface area contributed by atoms with Gasteiger partial charge in [0, 0.05) is 19.0 Å². The molecule has 128 valence electrons. The number of piperidine rings is 1. The fourth-order valence-corrected chi connectivity index (χ4v) is 2.98. The van der Waals surface area contributed by atoms with Crippen molar-refractivity contribution >= 4 is 11.8 Å². The number of aliphatic hydroxyl groups is 1. The van der Waals surface area contributed by atoms with E-state index in [9.17, 15) is 14.7 Å². The summed E-state index contributed by atoms with van der Waals surface area (Å²) in [5.74, 6) is 0.261. The first-order chi connectivity index (χ1) is 11.0. The molecule has 1 aliphatic heterocycles. The summed E-state index contributed by atoms with van der Waals surface area (Å²) in [5, 5.41) is 12.3. The topological polar surface area (TPSA) is 82.8 Å². The van der Waals surface area contributed by atoms with Crippen LogP contribution in [0.25, 0.3) is 0 Å². The van der Waals surface area contributed by atoms with Crippen molar-refractivity contribution < 1.29 is 19.1 Å². The molecule has 0 aliphatic carbocycles. The molecule has 0 radical (unpaired) electrons. The number of hydrogen-bond acceptors (Lipinski definition) is 4. The lowest BCUT2D eigenvalue weighted by molar-refractivity contribution is -0.127. The number of furan rings is 1. The van der Waals surface area contributed by atoms with E-state index >= 15 is 0 Å². The Morgan fingerprint density at radius 2 is 2.09 bits per heavy atom. The van der Waals surface area contributed by atoms with Gasteiger partial charge in [0.15, 0.2) is 0 Å². The van der Waals surface area contributed by atoms with E-state index in [1.54, 1.807) is 11.0 Å². The Hall–Kier alpha value is -1.82. The number of carbonyl (C=O) groups is 2. The summed E-state index contributed by atoms with van der Waals surface area (Å²) in [7, 11) is 0. The molecule has 6 nitrogen and oxygen atoms in total. The van der Waals surface area contributed by atoms with Crippen molar-refractivity contribution in [2.45, 2.75) is 39.2 Å². The van der Waals surface area contributed by atoms with Crippen LogP contribution in [0.4, 0.5) is 0 Å². The van der Waals surface area contributed by atoms with Crippen LogP contribution in [0.2, 0.25) is 0 Å². The minimum atomic E-state index is -0.187. The molecule has 1 aromatic heterocycles. The number of carbonyl (C=O) groups excluding carboxylic acids is 2. The van der Waals surface area contributed by atoms with Gasteiger partial charge in [-0.15, -0.1) is 0 Å². The molecule has 2 heterocycles. The number of amides is 2. The maximum absolute atomic E-state index is 12.3. The number of nitrogens with one attached hydrogen (secondary N) is 1. The number of nitrogens with zero attached hydrogens (tertiary/aromatic N) is 1. The van der Waals surface area contributed by atoms with Crippen molar-refractivity contribution in [1.29, 1.82) is 0 Å². The standard InChI is InChI=1S/C17H26N2O4/c1-12(2)9-15(10-20)18-16(21)13-3-6-19(7-4-13)17(22)14-5-8-23-11-14/h5,8,11-13,15,20H,3-4,6-7,9-10H2,1-2H3,(H,18,21). The third-order valence-corrected chi connectivity index (χ3v) is 4.24. The van der Waals surface area contributed by atoms with Crippen LogP contribution in [0.5, 0.6) is 0 Å². The van der Waals surface area contributed by atoms with E-state index in [1.807, 2.05) is 0 Å². The molecule has 0 aromatic carbocycles. The quantitative estimate of drug-likeness (QED) is 0.834. The van der Waals surface area contributed by atoms with Crippen molar-refractivity contribution in [3.63, 3.8) is 0 Å². The molecule has 1 saturated heterocycles. The highest BCUT2D eigenvalue weighted by Gasteiger charge is 2.29. The summed E-state index contributed by atoms with van der Waals surface area (Å²) in [6, 6.07) is 1.46. The second-order valence-electron chi connectivity index (χ2n) is 6.60. The lowest BCUT2D eigenvalue weighted by Gasteiger charge is -2.32. The first-order valence-corrected chi connectivity index (χ1v) is 8.24. The van der Waals surface area contributed by atoms with E-state index < -0.39 is 0 Å². The maximum atomic E-state index is 12.3. The number of rotatable bonds is 6. The molecule has 1 fully saturated rings. The Kier molecular flexibility index (Phi) is 6.21. The van der Waals surface area contributed by atoms with Gasteiger partial charge in [0.2, 0.25) is 5.91 Å². The molecule has 1 aliphatic rings. The average Bonchev–Trinajstić information content (AvgIpc) is 3.07. The second-order valence-corrected chi connectivity index (χ2v) is 6.60. The van der Waals surface area contributed by atoms with Gasteiger partial charge in [0.05, 0.1) is 24.5 Å². The lowest BCUT2D eigenvalue weighted by atomic mass is 9.94. The molecule has 1 unspecified atom stereocenters. The van der Waals surface area contributed by atoms with Crippen molar-refractivity contribution in [2.24, 2.45) is 11.8 Å². The zero-order chi connectivity index (χ0) is 16.8. The highest BCUT2D eigenvalue weighted by molar-refractivity contribution is 5.94. The lowest BCUT2D eigenvalue weighted by Crippen LogP contribution is -2.46. The molecule has 0 saturated carbocycles. The molecule has 0 bridgehead atoms. The summed E-state index contributed by atoms with van der Waals surface area (Å²) >= 11 is 0. The summed E-state index contributed by atoms with van der Waals surface area (Å²) < 4.78 is 4.94. The maximum Gasteiger partial charge on any atom is 0.257 e. The number of hydrogen-bond donors (Lipinski definition) is 2. The van der Waals surface area contributed by atoms with Gasteiger partial charge < -0.3 is 19.7 Å². The van der Waals surface area contributed by atoms with E-state index in [4.69, 9.17) is 4.42 Å². The van der Waals surface area contributed by atoms with E-state index in [-0.39, 0.29) is 30.4 Å². The van der Waals surface area contributed by atoms with Gasteiger partial charge >= 0.3 is 0 Å². The summed E-state index contributed by atoms with van der Waals surface area (Å²) in [6.07, 6.45) is 4.99. The van der Waals surface area contributed by atoms with E-state index in [1.165, 1.54) is 12.5 Å². The molecule has 1 aromatic rings. The Balaban J connectivity index is 1.81. The summed E-state index contributed by atoms with van der Waals surface area (Å²) in [6.45, 7) is 5.22. The normalized spacial score (nSPS) is 17.3. The van der Waals surface area contributed by atoms with Crippen LogP contribution in [-0.2, 0) is 4.79 Å². The fourth-order valence-electron chi connectivity index (χ4n) is 2.98. The molecular formula is C17H26N2O4. The van der Waals surface area contributed by atoms with Crippen LogP contribution in [0.15, 0.2) is 23.0 Å². The van der Waals surface area contributed by atoms with Gasteiger partial charge in [-0.1, -0.05) is 13.8 Å². The van der Waals surface area contributed by atoms with Crippen LogP contribution in [0.1, 0.15) is 43.5 Å². The van der Waals surface area contributed by atoms with Gasteiger partial charge in [-0.3, -0.25) is 9.59 Å². The minimum absolute atomic E-state index is 0.0138. The SMILES string of the molecule is CC(C)CC(CO)NC(=O)C1CCN(C(=O)c2ccoc2)CC1. The van der Waals surface area contributed by atoms with Crippen LogP contribution >= 0.6 is 0 Å². The highest BCUT2D eigenvalue weighted by Crippen LogP contribution is 2.20. The van der Waals surface area contributed by atoms with E-state index in [0.29, 0.717) is 37.4 Å². The van der Waals surface area contributed by atoms with Crippen molar-refractivity contribution in [2.75, 3.05) is 19.7 Å². The number of aliphatic hydroxyl groups excluding tert-OH is 1. The first kappa shape index (κ1) is 17.5. The van der Waals surface area contributed by atoms with E-state index in [0.717, 1.165) is 6.42 Å². The zero-order valence-corrected chi connectivity index (χ0v) is 13.8. The Morgan fingerprint density at radius 1 is 1.39 bits per heavy atom. The van der Waals surface area contributed by atoms with Gasteiger partial charge in [-0.2, -0.15) is 0 Å². The zero-order valence-electron chi connectivity index (χ0n) is 13.8. The van der Waals surface area contributed by atoms with Gasteiger partial charge in [-0.05, 0) is 31.2 Å². The van der Waals surface area contributed by atoms with E-state index in [2.05, 4.69) is 19.2 Å². The molecule has 1 atom stereocenters. The Labute approximate surface area is 136 Å². The molecule has 2 rings (SSSR count). The molecule has 23 heavy (non-hydrogen) atoms. The van der Waals surface area contributed by atoms with Gasteiger partial charge in [0.25, 0.3) is 5.91 Å². The molecule has 6 heteroatoms. The molecule has 0 spiro atoms. The highest BCUT2D eigenvalue weighted by atomic mass is 16.3. The largest absolute Gasteiger partial charge is 0.472 e. The third kappa shape index (κ3) is 4.82. The summed E-state index contributed by atoms with van der Waals surface area (Å²) in [5.41, 5.74) is 0.546. The van der Waals surface area contributed by atoms with Crippen LogP contribution in [0, 0.1) is 11.8 Å². The molecule has 2 amide bonds. The van der Waals surface area contributed by atoms with Gasteiger partial charge in [0.1, 0.15) is 6.26 Å². The van der Waals surface area contributed by atoms with Crippen LogP contribution in [-0.4, -0.2) is 47.6 Å². The predicted molar refractivity (Wildman–Crippen MR) is 85.8 cm³/mol. The Bertz CT molecular complexity index is 505. The predicted octanol–water partition coefficient (Wildman–Crippen LogP) is 1.65. The van der Waals surface area contributed by atoms with Crippen molar-refractivity contribution in [3.8, 4) is 0 Å². The monoisotopic (exact) mass is 322 g/mol. The fraction of sp³-hybridized carbons (Fsp3) is 0.647. The van der Waals surface area contributed by atoms with Crippen molar-refractivity contribution in [1.82, 2.24) is 10.2 Å². The van der Waals surface area contributed by atoms with Crippen LogP contribution < -0.4 is 5.32 Å².